The topological polar surface area (TPSA) is 107 Å². The molecule has 10 heteroatoms. The molecule has 1 unspecified atom stereocenters. The van der Waals surface area contributed by atoms with Crippen LogP contribution < -0.4 is 10.6 Å². The summed E-state index contributed by atoms with van der Waals surface area (Å²) in [5, 5.41) is 0. The summed E-state index contributed by atoms with van der Waals surface area (Å²) < 4.78 is 12.3. The second kappa shape index (κ2) is 9.81. The molecule has 36 heavy (non-hydrogen) atoms. The lowest BCUT2D eigenvalue weighted by molar-refractivity contribution is 0.0303. The van der Waals surface area contributed by atoms with Crippen molar-refractivity contribution in [1.29, 1.82) is 0 Å². The molecule has 2 aliphatic rings. The zero-order valence-corrected chi connectivity index (χ0v) is 20.5. The number of pyridine rings is 1. The zero-order chi connectivity index (χ0) is 24.5. The lowest BCUT2D eigenvalue weighted by atomic mass is 10.1. The number of thiophene rings is 1. The van der Waals surface area contributed by atoms with Gasteiger partial charge in [-0.1, -0.05) is 18.2 Å². The predicted octanol–water partition coefficient (Wildman–Crippen LogP) is 3.39. The predicted molar refractivity (Wildman–Crippen MR) is 139 cm³/mol. The number of amides is 1. The van der Waals surface area contributed by atoms with Crippen LogP contribution in [0, 0.1) is 0 Å². The van der Waals surface area contributed by atoms with Gasteiger partial charge in [-0.25, -0.2) is 15.0 Å². The zero-order valence-electron chi connectivity index (χ0n) is 19.7. The average molecular weight is 503 g/mol. The fourth-order valence-electron chi connectivity index (χ4n) is 4.52. The lowest BCUT2D eigenvalue weighted by Gasteiger charge is -2.33. The van der Waals surface area contributed by atoms with Crippen LogP contribution in [0.1, 0.15) is 22.0 Å². The molecule has 3 aromatic heterocycles. The number of nitrogen functional groups attached to an aromatic ring is 1. The largest absolute Gasteiger partial charge is 0.384 e. The molecular formula is C26H26N6O3S. The Morgan fingerprint density at radius 2 is 1.92 bits per heavy atom. The number of nitrogens with two attached hydrogens (primary N) is 1. The van der Waals surface area contributed by atoms with Crippen molar-refractivity contribution in [3.8, 4) is 10.4 Å². The summed E-state index contributed by atoms with van der Waals surface area (Å²) in [5.74, 6) is 1.21. The van der Waals surface area contributed by atoms with E-state index in [1.807, 2.05) is 41.4 Å². The van der Waals surface area contributed by atoms with E-state index >= 15 is 0 Å². The van der Waals surface area contributed by atoms with Crippen LogP contribution in [-0.4, -0.2) is 71.8 Å². The van der Waals surface area contributed by atoms with Crippen molar-refractivity contribution in [2.45, 2.75) is 6.10 Å². The van der Waals surface area contributed by atoms with Crippen molar-refractivity contribution in [3.63, 3.8) is 0 Å². The first kappa shape index (κ1) is 22.8. The number of aromatic nitrogens is 3. The first-order valence-corrected chi connectivity index (χ1v) is 12.8. The van der Waals surface area contributed by atoms with Crippen molar-refractivity contribution in [2.75, 3.05) is 56.6 Å². The molecule has 9 nitrogen and oxygen atoms in total. The van der Waals surface area contributed by atoms with Gasteiger partial charge in [-0.05, 0) is 29.8 Å². The quantitative estimate of drug-likeness (QED) is 0.453. The number of morpholine rings is 2. The number of nitrogens with zero attached hydrogens (tertiary/aromatic N) is 5. The van der Waals surface area contributed by atoms with E-state index in [2.05, 4.69) is 20.9 Å². The molecule has 1 atom stereocenters. The molecule has 1 aromatic carbocycles. The van der Waals surface area contributed by atoms with Gasteiger partial charge < -0.3 is 25.0 Å². The van der Waals surface area contributed by atoms with Crippen molar-refractivity contribution in [2.24, 2.45) is 0 Å². The summed E-state index contributed by atoms with van der Waals surface area (Å²) in [7, 11) is 0. The number of benzene rings is 1. The summed E-state index contributed by atoms with van der Waals surface area (Å²) in [4.78, 5) is 31.7. The standard InChI is InChI=1S/C26H26N6O3S/c27-24-5-4-19(14-28-24)21-16-32(8-11-35-21)26-29-15-23-20(30-26)13-22(36-23)17-2-1-3-18(12-17)25(33)31-6-9-34-10-7-31/h1-5,12-15,21H,6-11,16H2,(H2,27,28). The maximum atomic E-state index is 12.9. The van der Waals surface area contributed by atoms with Crippen LogP contribution >= 0.6 is 11.3 Å². The third-order valence-electron chi connectivity index (χ3n) is 6.48. The highest BCUT2D eigenvalue weighted by atomic mass is 32.1. The number of ether oxygens (including phenoxy) is 2. The number of anilines is 2. The van der Waals surface area contributed by atoms with Gasteiger partial charge in [0, 0.05) is 41.8 Å². The number of carbonyl (C=O) groups excluding carboxylic acids is 1. The second-order valence-electron chi connectivity index (χ2n) is 8.84. The van der Waals surface area contributed by atoms with Crippen LogP contribution in [0.4, 0.5) is 11.8 Å². The Balaban J connectivity index is 1.23. The molecule has 2 fully saturated rings. The van der Waals surface area contributed by atoms with E-state index in [1.165, 1.54) is 0 Å². The first-order valence-electron chi connectivity index (χ1n) is 12.0. The molecule has 0 saturated carbocycles. The van der Waals surface area contributed by atoms with Crippen LogP contribution in [0.3, 0.4) is 0 Å². The fraction of sp³-hybridized carbons (Fsp3) is 0.308. The lowest BCUT2D eigenvalue weighted by Crippen LogP contribution is -2.40. The normalized spacial score (nSPS) is 18.5. The molecular weight excluding hydrogens is 476 g/mol. The van der Waals surface area contributed by atoms with Gasteiger partial charge in [-0.2, -0.15) is 0 Å². The number of fused-ring (bicyclic) bond motifs is 1. The Morgan fingerprint density at radius 1 is 1.03 bits per heavy atom. The minimum atomic E-state index is -0.115. The molecule has 184 valence electrons. The maximum absolute atomic E-state index is 12.9. The summed E-state index contributed by atoms with van der Waals surface area (Å²) in [6.07, 6.45) is 3.52. The van der Waals surface area contributed by atoms with E-state index in [1.54, 1.807) is 23.6 Å². The Labute approximate surface area is 212 Å². The molecule has 6 rings (SSSR count). The Kier molecular flexibility index (Phi) is 6.22. The smallest absolute Gasteiger partial charge is 0.254 e. The van der Waals surface area contributed by atoms with Crippen molar-refractivity contribution < 1.29 is 14.3 Å². The molecule has 2 N–H and O–H groups in total. The number of carbonyl (C=O) groups is 1. The van der Waals surface area contributed by atoms with E-state index in [4.69, 9.17) is 20.2 Å². The summed E-state index contributed by atoms with van der Waals surface area (Å²) in [6.45, 7) is 4.36. The van der Waals surface area contributed by atoms with Gasteiger partial charge in [0.1, 0.15) is 11.9 Å². The monoisotopic (exact) mass is 502 g/mol. The molecule has 0 radical (unpaired) electrons. The third-order valence-corrected chi connectivity index (χ3v) is 7.59. The summed E-state index contributed by atoms with van der Waals surface area (Å²) in [5.41, 5.74) is 9.29. The highest BCUT2D eigenvalue weighted by Gasteiger charge is 2.25. The van der Waals surface area contributed by atoms with Crippen molar-refractivity contribution >= 4 is 39.2 Å². The fourth-order valence-corrected chi connectivity index (χ4v) is 5.48. The summed E-state index contributed by atoms with van der Waals surface area (Å²) >= 11 is 1.63. The molecule has 5 heterocycles. The van der Waals surface area contributed by atoms with Crippen molar-refractivity contribution in [3.05, 3.63) is 66.0 Å². The molecule has 0 spiro atoms. The van der Waals surface area contributed by atoms with Gasteiger partial charge in [-0.3, -0.25) is 4.79 Å². The number of hydrogen-bond donors (Lipinski definition) is 1. The van der Waals surface area contributed by atoms with Crippen LogP contribution in [-0.2, 0) is 9.47 Å². The van der Waals surface area contributed by atoms with E-state index in [0.29, 0.717) is 63.3 Å². The van der Waals surface area contributed by atoms with Gasteiger partial charge in [0.25, 0.3) is 5.91 Å². The van der Waals surface area contributed by atoms with Crippen LogP contribution in [0.5, 0.6) is 0 Å². The summed E-state index contributed by atoms with van der Waals surface area (Å²) in [6, 6.07) is 13.6. The maximum Gasteiger partial charge on any atom is 0.254 e. The molecule has 2 saturated heterocycles. The minimum absolute atomic E-state index is 0.0431. The molecule has 1 amide bonds. The highest BCUT2D eigenvalue weighted by molar-refractivity contribution is 7.22. The van der Waals surface area contributed by atoms with E-state index in [0.717, 1.165) is 26.2 Å². The SMILES string of the molecule is Nc1ccc(C2CN(c3ncc4sc(-c5cccc(C(=O)N6CCOCC6)c5)cc4n3)CCO2)cn1. The van der Waals surface area contributed by atoms with Crippen LogP contribution in [0.2, 0.25) is 0 Å². The number of rotatable bonds is 4. The number of hydrogen-bond acceptors (Lipinski definition) is 9. The Hall–Kier alpha value is -3.60. The van der Waals surface area contributed by atoms with E-state index < -0.39 is 0 Å². The van der Waals surface area contributed by atoms with Crippen LogP contribution in [0.15, 0.2) is 54.9 Å². The third kappa shape index (κ3) is 4.62. The van der Waals surface area contributed by atoms with Gasteiger partial charge in [0.15, 0.2) is 0 Å². The molecule has 2 aliphatic heterocycles. The first-order chi connectivity index (χ1) is 17.6. The van der Waals surface area contributed by atoms with E-state index in [-0.39, 0.29) is 12.0 Å². The van der Waals surface area contributed by atoms with Gasteiger partial charge in [-0.15, -0.1) is 11.3 Å². The highest BCUT2D eigenvalue weighted by Crippen LogP contribution is 2.34. The molecule has 0 bridgehead atoms. The molecule has 0 aliphatic carbocycles. The second-order valence-corrected chi connectivity index (χ2v) is 9.92. The Morgan fingerprint density at radius 3 is 2.75 bits per heavy atom. The molecule has 4 aromatic rings. The van der Waals surface area contributed by atoms with Crippen molar-refractivity contribution in [1.82, 2.24) is 19.9 Å². The minimum Gasteiger partial charge on any atom is -0.384 e. The average Bonchev–Trinajstić information content (AvgIpc) is 3.37. The Bertz CT molecular complexity index is 1390. The van der Waals surface area contributed by atoms with Gasteiger partial charge in [0.05, 0.1) is 42.8 Å². The van der Waals surface area contributed by atoms with Gasteiger partial charge in [0.2, 0.25) is 5.95 Å². The van der Waals surface area contributed by atoms with Gasteiger partial charge >= 0.3 is 0 Å². The van der Waals surface area contributed by atoms with E-state index in [9.17, 15) is 4.79 Å². The van der Waals surface area contributed by atoms with Crippen LogP contribution in [0.25, 0.3) is 20.7 Å².